The maximum absolute atomic E-state index is 12.2. The van der Waals surface area contributed by atoms with E-state index in [1.807, 2.05) is 0 Å². The third-order valence-corrected chi connectivity index (χ3v) is 4.45. The number of nitrogens with two attached hydrogens (primary N) is 1. The molecule has 0 aliphatic carbocycles. The molecular weight excluding hydrogens is 475 g/mol. The molecule has 0 aliphatic rings. The zero-order valence-corrected chi connectivity index (χ0v) is 17.2. The highest BCUT2D eigenvalue weighted by Gasteiger charge is 2.38. The number of hydrogen-bond acceptors (Lipinski definition) is 8. The maximum atomic E-state index is 12.2. The topological polar surface area (TPSA) is 194 Å². The summed E-state index contributed by atoms with van der Waals surface area (Å²) < 4.78 is 36.8. The monoisotopic (exact) mass is 489 g/mol. The molecule has 2 rings (SSSR count). The van der Waals surface area contributed by atoms with Crippen LogP contribution in [0.25, 0.3) is 6.08 Å². The van der Waals surface area contributed by atoms with E-state index in [1.165, 1.54) is 31.2 Å². The smallest absolute Gasteiger partial charge is 0.478 e. The lowest BCUT2D eigenvalue weighted by Crippen LogP contribution is -2.21. The number of carboxylic acids is 2. The number of nitrogens with zero attached hydrogens (tertiary/aromatic N) is 1. The Hall–Kier alpha value is -4.27. The van der Waals surface area contributed by atoms with Crippen molar-refractivity contribution in [2.75, 3.05) is 0 Å². The van der Waals surface area contributed by atoms with Crippen LogP contribution in [0, 0.1) is 15.5 Å². The first-order valence-corrected chi connectivity index (χ1v) is 9.11. The van der Waals surface area contributed by atoms with Crippen LogP contribution in [0.15, 0.2) is 35.9 Å². The molecule has 0 amide bonds. The molecule has 0 saturated carbocycles. The molecule has 2 aromatic rings. The second-order valence-electron chi connectivity index (χ2n) is 5.88. The Morgan fingerprint density at radius 2 is 1.79 bits per heavy atom. The molecule has 0 bridgehead atoms. The Balaban J connectivity index is 0.000000675. The fourth-order valence-electron chi connectivity index (χ4n) is 1.88. The number of benzene rings is 1. The zero-order chi connectivity index (χ0) is 25.5. The Bertz CT molecular complexity index is 1140. The predicted molar refractivity (Wildman–Crippen MR) is 108 cm³/mol. The van der Waals surface area contributed by atoms with Crippen molar-refractivity contribution >= 4 is 46.8 Å². The van der Waals surface area contributed by atoms with Gasteiger partial charge >= 0.3 is 29.8 Å². The van der Waals surface area contributed by atoms with Gasteiger partial charge in [0.1, 0.15) is 10.7 Å². The number of rotatable bonds is 6. The summed E-state index contributed by atoms with van der Waals surface area (Å²) in [5.74, 6) is -5.29. The van der Waals surface area contributed by atoms with Gasteiger partial charge in [0.05, 0.1) is 4.92 Å². The molecule has 0 saturated heterocycles. The summed E-state index contributed by atoms with van der Waals surface area (Å²) in [6, 6.07) is 6.54. The van der Waals surface area contributed by atoms with E-state index in [1.54, 1.807) is 6.07 Å². The summed E-state index contributed by atoms with van der Waals surface area (Å²) in [6.45, 7) is 1.42. The number of nitro groups is 1. The summed E-state index contributed by atoms with van der Waals surface area (Å²) in [7, 11) is 0. The summed E-state index contributed by atoms with van der Waals surface area (Å²) in [6.07, 6.45) is -3.69. The first kappa shape index (κ1) is 26.8. The van der Waals surface area contributed by atoms with Crippen LogP contribution in [-0.4, -0.2) is 45.1 Å². The van der Waals surface area contributed by atoms with Crippen molar-refractivity contribution in [3.05, 3.63) is 61.3 Å². The molecule has 15 heteroatoms. The molecule has 1 aromatic carbocycles. The number of nitrogens with one attached hydrogen (secondary N) is 1. The minimum Gasteiger partial charge on any atom is -0.478 e. The lowest BCUT2D eigenvalue weighted by atomic mass is 10.1. The van der Waals surface area contributed by atoms with Crippen molar-refractivity contribution in [3.63, 3.8) is 0 Å². The van der Waals surface area contributed by atoms with Crippen LogP contribution in [0.3, 0.4) is 0 Å². The second-order valence-corrected chi connectivity index (χ2v) is 7.00. The number of nitrogen functional groups attached to an aromatic ring is 1. The number of nitro benzene ring substituents is 1. The molecule has 33 heavy (non-hydrogen) atoms. The number of amidine groups is 1. The van der Waals surface area contributed by atoms with Crippen LogP contribution >= 0.6 is 11.3 Å². The number of alkyl halides is 3. The van der Waals surface area contributed by atoms with E-state index in [0.29, 0.717) is 4.88 Å². The summed E-state index contributed by atoms with van der Waals surface area (Å²) in [5, 5.41) is 34.4. The van der Waals surface area contributed by atoms with Gasteiger partial charge in [-0.2, -0.15) is 13.2 Å². The van der Waals surface area contributed by atoms with Crippen molar-refractivity contribution in [2.24, 2.45) is 5.73 Å². The van der Waals surface area contributed by atoms with Gasteiger partial charge in [-0.05, 0) is 37.3 Å². The van der Waals surface area contributed by atoms with Crippen LogP contribution in [0.5, 0.6) is 5.75 Å². The molecule has 0 unspecified atom stereocenters. The third kappa shape index (κ3) is 8.06. The van der Waals surface area contributed by atoms with Crippen molar-refractivity contribution in [1.29, 1.82) is 5.41 Å². The molecule has 0 radical (unpaired) electrons. The minimum absolute atomic E-state index is 0.0993. The van der Waals surface area contributed by atoms with Crippen LogP contribution < -0.4 is 10.5 Å². The summed E-state index contributed by atoms with van der Waals surface area (Å²) in [5.41, 5.74) is 5.03. The molecule has 1 aromatic heterocycles. The molecule has 5 N–H and O–H groups in total. The lowest BCUT2D eigenvalue weighted by Gasteiger charge is -2.05. The van der Waals surface area contributed by atoms with Crippen molar-refractivity contribution in [3.8, 4) is 5.75 Å². The molecule has 1 heterocycles. The first-order valence-electron chi connectivity index (χ1n) is 8.30. The summed E-state index contributed by atoms with van der Waals surface area (Å²) in [4.78, 5) is 43.0. The fraction of sp³-hybridized carbons (Fsp3) is 0.111. The van der Waals surface area contributed by atoms with Gasteiger partial charge in [0.2, 0.25) is 5.75 Å². The Kier molecular flexibility index (Phi) is 8.80. The van der Waals surface area contributed by atoms with Crippen LogP contribution in [-0.2, 0) is 9.59 Å². The van der Waals surface area contributed by atoms with E-state index in [2.05, 4.69) is 0 Å². The summed E-state index contributed by atoms with van der Waals surface area (Å²) >= 11 is 0.990. The molecule has 0 fully saturated rings. The number of halogens is 3. The quantitative estimate of drug-likeness (QED) is 0.0895. The van der Waals surface area contributed by atoms with Crippen LogP contribution in [0.2, 0.25) is 0 Å². The number of carbonyl (C=O) groups excluding carboxylic acids is 1. The molecule has 176 valence electrons. The average molecular weight is 489 g/mol. The molecular formula is C18H14F3N3O8S. The Morgan fingerprint density at radius 3 is 2.24 bits per heavy atom. The number of carbonyl (C=O) groups is 3. The van der Waals surface area contributed by atoms with Gasteiger partial charge in [0, 0.05) is 22.1 Å². The van der Waals surface area contributed by atoms with Crippen molar-refractivity contribution in [1.82, 2.24) is 0 Å². The van der Waals surface area contributed by atoms with Gasteiger partial charge in [-0.25, -0.2) is 14.4 Å². The highest BCUT2D eigenvalue weighted by molar-refractivity contribution is 7.14. The maximum Gasteiger partial charge on any atom is 0.490 e. The molecule has 11 nitrogen and oxygen atoms in total. The van der Waals surface area contributed by atoms with Crippen molar-refractivity contribution in [2.45, 2.75) is 13.1 Å². The standard InChI is InChI=1S/C16H13N3O6S.C2HF3O2/c1-8(15(20)21)6-10-3-5-13(26-10)16(22)25-12-4-2-9(14(17)18)7-11(12)19(23)24;3-2(4,5)1(6)7/h2-7H,1H3,(H3,17,18)(H,20,21);(H,6,7)/b8-6+;. The van der Waals surface area contributed by atoms with E-state index in [0.717, 1.165) is 17.4 Å². The molecule has 0 aliphatic heterocycles. The lowest BCUT2D eigenvalue weighted by molar-refractivity contribution is -0.385. The Labute approximate surface area is 186 Å². The predicted octanol–water partition coefficient (Wildman–Crippen LogP) is 3.28. The number of thiophene rings is 1. The van der Waals surface area contributed by atoms with Gasteiger partial charge in [0.25, 0.3) is 0 Å². The van der Waals surface area contributed by atoms with Crippen LogP contribution in [0.1, 0.15) is 27.0 Å². The average Bonchev–Trinajstić information content (AvgIpc) is 3.16. The normalized spacial score (nSPS) is 11.1. The number of aliphatic carboxylic acids is 2. The van der Waals surface area contributed by atoms with E-state index in [-0.39, 0.29) is 27.6 Å². The highest BCUT2D eigenvalue weighted by Crippen LogP contribution is 2.30. The minimum atomic E-state index is -5.08. The number of esters is 1. The van der Waals surface area contributed by atoms with E-state index in [9.17, 15) is 32.9 Å². The molecule has 0 atom stereocenters. The Morgan fingerprint density at radius 1 is 1.21 bits per heavy atom. The first-order chi connectivity index (χ1) is 15.1. The largest absolute Gasteiger partial charge is 0.490 e. The van der Waals surface area contributed by atoms with Gasteiger partial charge in [-0.3, -0.25) is 15.5 Å². The van der Waals surface area contributed by atoms with Crippen LogP contribution in [0.4, 0.5) is 18.9 Å². The number of carboxylic acid groups (broad SMARTS) is 2. The number of hydrogen-bond donors (Lipinski definition) is 4. The SMILES string of the molecule is C/C(=C\c1ccc(C(=O)Oc2ccc(C(=N)N)cc2[N+](=O)[O-])s1)C(=O)O.O=C(O)C(F)(F)F. The highest BCUT2D eigenvalue weighted by atomic mass is 32.1. The second kappa shape index (κ2) is 10.9. The van der Waals surface area contributed by atoms with Gasteiger partial charge in [-0.15, -0.1) is 11.3 Å². The van der Waals surface area contributed by atoms with Gasteiger partial charge < -0.3 is 20.7 Å². The van der Waals surface area contributed by atoms with Crippen molar-refractivity contribution < 1.29 is 47.4 Å². The van der Waals surface area contributed by atoms with E-state index < -0.39 is 34.7 Å². The van der Waals surface area contributed by atoms with Gasteiger partial charge in [0.15, 0.2) is 0 Å². The molecule has 0 spiro atoms. The fourth-order valence-corrected chi connectivity index (χ4v) is 2.77. The van der Waals surface area contributed by atoms with Gasteiger partial charge in [-0.1, -0.05) is 0 Å². The number of ether oxygens (including phenoxy) is 1. The van der Waals surface area contributed by atoms with E-state index in [4.69, 9.17) is 30.9 Å². The van der Waals surface area contributed by atoms with E-state index >= 15 is 0 Å². The zero-order valence-electron chi connectivity index (χ0n) is 16.4. The third-order valence-electron chi connectivity index (χ3n) is 3.44.